The summed E-state index contributed by atoms with van der Waals surface area (Å²) < 4.78 is 0.450. The standard InChI is InChI=1S/C6H12N2O2S2/c1-4(2)7-8-6(11)12-3-5(9)10/h4,7H,3H2,1-2H3,(H,8,11)(H,9,10). The number of thioether (sulfide) groups is 1. The van der Waals surface area contributed by atoms with Gasteiger partial charge in [-0.1, -0.05) is 24.0 Å². The van der Waals surface area contributed by atoms with Gasteiger partial charge in [0, 0.05) is 6.04 Å². The summed E-state index contributed by atoms with van der Waals surface area (Å²) in [5.74, 6) is -0.875. The van der Waals surface area contributed by atoms with Gasteiger partial charge in [0.2, 0.25) is 0 Å². The average molecular weight is 208 g/mol. The number of carbonyl (C=O) groups is 1. The monoisotopic (exact) mass is 208 g/mol. The summed E-state index contributed by atoms with van der Waals surface area (Å²) in [4.78, 5) is 10.1. The van der Waals surface area contributed by atoms with Crippen LogP contribution in [0.4, 0.5) is 0 Å². The van der Waals surface area contributed by atoms with E-state index in [1.807, 2.05) is 13.8 Å². The van der Waals surface area contributed by atoms with Gasteiger partial charge in [-0.05, 0) is 13.8 Å². The molecule has 0 aliphatic carbocycles. The fourth-order valence-electron chi connectivity index (χ4n) is 0.367. The zero-order valence-electron chi connectivity index (χ0n) is 6.96. The smallest absolute Gasteiger partial charge is 0.313 e. The third kappa shape index (κ3) is 7.77. The van der Waals surface area contributed by atoms with Gasteiger partial charge in [-0.3, -0.25) is 4.79 Å². The number of rotatable bonds is 4. The van der Waals surface area contributed by atoms with Crippen LogP contribution in [0.25, 0.3) is 0 Å². The van der Waals surface area contributed by atoms with Crippen LogP contribution in [0.1, 0.15) is 13.8 Å². The van der Waals surface area contributed by atoms with Crippen LogP contribution in [0, 0.1) is 0 Å². The van der Waals surface area contributed by atoms with Gasteiger partial charge >= 0.3 is 5.97 Å². The molecule has 3 N–H and O–H groups in total. The molecule has 0 bridgehead atoms. The van der Waals surface area contributed by atoms with Gasteiger partial charge < -0.3 is 10.5 Å². The Morgan fingerprint density at radius 3 is 2.67 bits per heavy atom. The van der Waals surface area contributed by atoms with E-state index in [2.05, 4.69) is 10.9 Å². The molecule has 0 aromatic heterocycles. The quantitative estimate of drug-likeness (QED) is 0.464. The molecule has 0 atom stereocenters. The maximum absolute atomic E-state index is 10.1. The second kappa shape index (κ2) is 6.22. The van der Waals surface area contributed by atoms with Gasteiger partial charge in [0.05, 0.1) is 5.75 Å². The second-order valence-electron chi connectivity index (χ2n) is 2.39. The maximum Gasteiger partial charge on any atom is 0.313 e. The fraction of sp³-hybridized carbons (Fsp3) is 0.667. The Kier molecular flexibility index (Phi) is 6.04. The first-order chi connectivity index (χ1) is 5.52. The van der Waals surface area contributed by atoms with Crippen LogP contribution in [0.3, 0.4) is 0 Å². The highest BCUT2D eigenvalue weighted by atomic mass is 32.2. The summed E-state index contributed by atoms with van der Waals surface area (Å²) in [5, 5.41) is 8.31. The number of hydrogen-bond acceptors (Lipinski definition) is 4. The minimum absolute atomic E-state index is 0.00832. The van der Waals surface area contributed by atoms with Crippen molar-refractivity contribution in [2.45, 2.75) is 19.9 Å². The summed E-state index contributed by atoms with van der Waals surface area (Å²) in [7, 11) is 0. The Bertz CT molecular complexity index is 173. The molecular formula is C6H12N2O2S2. The maximum atomic E-state index is 10.1. The predicted octanol–water partition coefficient (Wildman–Crippen LogP) is 0.592. The number of hydrazine groups is 1. The molecule has 0 aromatic carbocycles. The minimum atomic E-state index is -0.867. The van der Waals surface area contributed by atoms with Gasteiger partial charge in [0.15, 0.2) is 0 Å². The summed E-state index contributed by atoms with van der Waals surface area (Å²) in [6.45, 7) is 3.91. The first kappa shape index (κ1) is 11.7. The van der Waals surface area contributed by atoms with Gasteiger partial charge in [-0.25, -0.2) is 5.43 Å². The number of hydrogen-bond donors (Lipinski definition) is 3. The number of nitrogens with one attached hydrogen (secondary N) is 2. The lowest BCUT2D eigenvalue weighted by molar-refractivity contribution is -0.133. The summed E-state index contributed by atoms with van der Waals surface area (Å²) >= 11 is 5.90. The van der Waals surface area contributed by atoms with E-state index in [1.165, 1.54) is 0 Å². The SMILES string of the molecule is CC(C)NNC(=S)SCC(=O)O. The molecule has 4 nitrogen and oxygen atoms in total. The molecule has 0 radical (unpaired) electrons. The van der Waals surface area contributed by atoms with E-state index < -0.39 is 5.97 Å². The highest BCUT2D eigenvalue weighted by Gasteiger charge is 2.01. The van der Waals surface area contributed by atoms with Crippen molar-refractivity contribution < 1.29 is 9.90 Å². The topological polar surface area (TPSA) is 61.4 Å². The lowest BCUT2D eigenvalue weighted by Crippen LogP contribution is -2.39. The molecule has 12 heavy (non-hydrogen) atoms. The largest absolute Gasteiger partial charge is 0.481 e. The Balaban J connectivity index is 3.40. The minimum Gasteiger partial charge on any atom is -0.481 e. The molecule has 70 valence electrons. The van der Waals surface area contributed by atoms with E-state index in [1.54, 1.807) is 0 Å². The molecule has 0 fully saturated rings. The van der Waals surface area contributed by atoms with Crippen molar-refractivity contribution in [1.82, 2.24) is 10.9 Å². The summed E-state index contributed by atoms with van der Waals surface area (Å²) in [6, 6.07) is 0.272. The lowest BCUT2D eigenvalue weighted by Gasteiger charge is -2.10. The zero-order valence-corrected chi connectivity index (χ0v) is 8.59. The molecule has 0 spiro atoms. The normalized spacial score (nSPS) is 9.92. The van der Waals surface area contributed by atoms with Crippen LogP contribution in [0.5, 0.6) is 0 Å². The molecule has 0 saturated heterocycles. The van der Waals surface area contributed by atoms with Crippen LogP contribution in [-0.2, 0) is 4.79 Å². The van der Waals surface area contributed by atoms with Crippen molar-refractivity contribution in [3.8, 4) is 0 Å². The van der Waals surface area contributed by atoms with Crippen molar-refractivity contribution >= 4 is 34.3 Å². The molecule has 0 aromatic rings. The third-order valence-electron chi connectivity index (χ3n) is 0.790. The molecule has 0 heterocycles. The molecule has 0 amide bonds. The molecule has 0 saturated carbocycles. The van der Waals surface area contributed by atoms with E-state index in [9.17, 15) is 4.79 Å². The van der Waals surface area contributed by atoms with Crippen LogP contribution in [0.2, 0.25) is 0 Å². The van der Waals surface area contributed by atoms with Gasteiger partial charge in [0.1, 0.15) is 4.32 Å². The Morgan fingerprint density at radius 1 is 1.67 bits per heavy atom. The molecular weight excluding hydrogens is 196 g/mol. The van der Waals surface area contributed by atoms with Crippen LogP contribution >= 0.6 is 24.0 Å². The molecule has 0 aliphatic heterocycles. The van der Waals surface area contributed by atoms with Crippen molar-refractivity contribution in [3.63, 3.8) is 0 Å². The number of carboxylic acids is 1. The van der Waals surface area contributed by atoms with Crippen molar-refractivity contribution in [3.05, 3.63) is 0 Å². The highest BCUT2D eigenvalue weighted by molar-refractivity contribution is 8.23. The molecule has 0 rings (SSSR count). The molecule has 0 unspecified atom stereocenters. The van der Waals surface area contributed by atoms with E-state index in [0.717, 1.165) is 11.8 Å². The van der Waals surface area contributed by atoms with E-state index in [-0.39, 0.29) is 11.8 Å². The number of aliphatic carboxylic acids is 1. The van der Waals surface area contributed by atoms with E-state index in [0.29, 0.717) is 4.32 Å². The summed E-state index contributed by atoms with van der Waals surface area (Å²) in [5.41, 5.74) is 5.58. The molecule has 0 aliphatic rings. The molecule has 6 heteroatoms. The highest BCUT2D eigenvalue weighted by Crippen LogP contribution is 1.99. The van der Waals surface area contributed by atoms with E-state index in [4.69, 9.17) is 17.3 Å². The third-order valence-corrected chi connectivity index (χ3v) is 2.00. The fourth-order valence-corrected chi connectivity index (χ4v) is 0.988. The van der Waals surface area contributed by atoms with Gasteiger partial charge in [-0.15, -0.1) is 0 Å². The zero-order chi connectivity index (χ0) is 9.56. The number of carboxylic acid groups (broad SMARTS) is 1. The van der Waals surface area contributed by atoms with Crippen molar-refractivity contribution in [1.29, 1.82) is 0 Å². The van der Waals surface area contributed by atoms with E-state index >= 15 is 0 Å². The first-order valence-electron chi connectivity index (χ1n) is 3.42. The lowest BCUT2D eigenvalue weighted by atomic mass is 10.4. The van der Waals surface area contributed by atoms with Gasteiger partial charge in [-0.2, -0.15) is 0 Å². The predicted molar refractivity (Wildman–Crippen MR) is 54.1 cm³/mol. The summed E-state index contributed by atoms with van der Waals surface area (Å²) in [6.07, 6.45) is 0. The van der Waals surface area contributed by atoms with Crippen LogP contribution in [0.15, 0.2) is 0 Å². The van der Waals surface area contributed by atoms with Crippen molar-refractivity contribution in [2.75, 3.05) is 5.75 Å². The first-order valence-corrected chi connectivity index (χ1v) is 4.82. The number of thiocarbonyl (C=S) groups is 1. The second-order valence-corrected chi connectivity index (χ2v) is 4.05. The Hall–Kier alpha value is -0.330. The van der Waals surface area contributed by atoms with Crippen LogP contribution < -0.4 is 10.9 Å². The Morgan fingerprint density at radius 2 is 2.25 bits per heavy atom. The van der Waals surface area contributed by atoms with Crippen LogP contribution in [-0.4, -0.2) is 27.2 Å². The Labute approximate surface area is 81.1 Å². The van der Waals surface area contributed by atoms with Gasteiger partial charge in [0.25, 0.3) is 0 Å². The average Bonchev–Trinajstić information content (AvgIpc) is 1.96. The van der Waals surface area contributed by atoms with Crippen molar-refractivity contribution in [2.24, 2.45) is 0 Å².